The largest absolute Gasteiger partial charge is 0.396 e. The van der Waals surface area contributed by atoms with E-state index in [0.717, 1.165) is 6.42 Å². The summed E-state index contributed by atoms with van der Waals surface area (Å²) in [5, 5.41) is 15.3. The highest BCUT2D eigenvalue weighted by molar-refractivity contribution is 5.79. The van der Waals surface area contributed by atoms with Crippen molar-refractivity contribution in [2.75, 3.05) is 40.0 Å². The zero-order valence-electron chi connectivity index (χ0n) is 13.0. The molecule has 1 fully saturated rings. The van der Waals surface area contributed by atoms with E-state index in [4.69, 9.17) is 9.84 Å². The van der Waals surface area contributed by atoms with Gasteiger partial charge in [-0.1, -0.05) is 0 Å². The summed E-state index contributed by atoms with van der Waals surface area (Å²) in [4.78, 5) is 4.06. The highest BCUT2D eigenvalue weighted by atomic mass is 19.4. The van der Waals surface area contributed by atoms with Gasteiger partial charge in [-0.2, -0.15) is 13.2 Å². The van der Waals surface area contributed by atoms with Crippen molar-refractivity contribution in [1.82, 2.24) is 10.6 Å². The van der Waals surface area contributed by atoms with Crippen LogP contribution in [0, 0.1) is 5.41 Å². The summed E-state index contributed by atoms with van der Waals surface area (Å²) in [6.07, 6.45) is -2.76. The monoisotopic (exact) mass is 325 g/mol. The van der Waals surface area contributed by atoms with E-state index in [-0.39, 0.29) is 18.4 Å². The number of halogens is 3. The Morgan fingerprint density at radius 3 is 2.64 bits per heavy atom. The molecule has 130 valence electrons. The predicted molar refractivity (Wildman–Crippen MR) is 78.8 cm³/mol. The summed E-state index contributed by atoms with van der Waals surface area (Å²) >= 11 is 0. The molecule has 1 aliphatic rings. The Morgan fingerprint density at radius 2 is 2.09 bits per heavy atom. The van der Waals surface area contributed by atoms with Crippen molar-refractivity contribution in [3.8, 4) is 0 Å². The lowest BCUT2D eigenvalue weighted by molar-refractivity contribution is -0.135. The summed E-state index contributed by atoms with van der Waals surface area (Å²) in [7, 11) is 1.62. The first kappa shape index (κ1) is 19.0. The molecule has 1 rings (SSSR count). The molecule has 5 nitrogen and oxygen atoms in total. The van der Waals surface area contributed by atoms with E-state index in [1.165, 1.54) is 0 Å². The summed E-state index contributed by atoms with van der Waals surface area (Å²) in [5.74, 6) is 0.566. The predicted octanol–water partition coefficient (Wildman–Crippen LogP) is 1.67. The fraction of sp³-hybridized carbons (Fsp3) is 0.929. The maximum atomic E-state index is 12.0. The Balaban J connectivity index is 2.24. The van der Waals surface area contributed by atoms with E-state index in [2.05, 4.69) is 15.6 Å². The highest BCUT2D eigenvalue weighted by Gasteiger charge is 2.34. The van der Waals surface area contributed by atoms with Crippen molar-refractivity contribution >= 4 is 5.96 Å². The molecule has 0 aromatic carbocycles. The Kier molecular flexibility index (Phi) is 7.95. The van der Waals surface area contributed by atoms with Crippen LogP contribution in [0.3, 0.4) is 0 Å². The van der Waals surface area contributed by atoms with Crippen LogP contribution in [0.2, 0.25) is 0 Å². The molecule has 8 heteroatoms. The van der Waals surface area contributed by atoms with Gasteiger partial charge in [-0.15, -0.1) is 0 Å². The van der Waals surface area contributed by atoms with Crippen LogP contribution in [0.25, 0.3) is 0 Å². The minimum atomic E-state index is -4.08. The average Bonchev–Trinajstić information content (AvgIpc) is 2.90. The van der Waals surface area contributed by atoms with Crippen molar-refractivity contribution in [2.45, 2.75) is 38.3 Å². The molecular weight excluding hydrogens is 299 g/mol. The average molecular weight is 325 g/mol. The van der Waals surface area contributed by atoms with Gasteiger partial charge in [0.05, 0.1) is 6.61 Å². The first-order valence-corrected chi connectivity index (χ1v) is 7.61. The molecule has 0 saturated carbocycles. The second-order valence-corrected chi connectivity index (χ2v) is 5.70. The first-order valence-electron chi connectivity index (χ1n) is 7.61. The van der Waals surface area contributed by atoms with Gasteiger partial charge in [0.25, 0.3) is 0 Å². The van der Waals surface area contributed by atoms with Crippen LogP contribution in [0.4, 0.5) is 13.2 Å². The summed E-state index contributed by atoms with van der Waals surface area (Å²) < 4.78 is 41.5. The van der Waals surface area contributed by atoms with Crippen LogP contribution in [-0.4, -0.2) is 57.2 Å². The van der Waals surface area contributed by atoms with E-state index in [9.17, 15) is 13.2 Å². The van der Waals surface area contributed by atoms with Gasteiger partial charge < -0.3 is 20.5 Å². The third-order valence-corrected chi connectivity index (χ3v) is 3.86. The molecular formula is C14H26F3N3O2. The maximum absolute atomic E-state index is 12.0. The van der Waals surface area contributed by atoms with E-state index in [1.807, 2.05) is 0 Å². The van der Waals surface area contributed by atoms with E-state index in [1.54, 1.807) is 7.05 Å². The Hall–Kier alpha value is -1.02. The van der Waals surface area contributed by atoms with Gasteiger partial charge in [-0.05, 0) is 25.7 Å². The molecule has 3 N–H and O–H groups in total. The number of aliphatic imine (C=N–C) groups is 1. The Labute approximate surface area is 129 Å². The zero-order valence-corrected chi connectivity index (χ0v) is 13.0. The second-order valence-electron chi connectivity index (χ2n) is 5.70. The lowest BCUT2D eigenvalue weighted by Crippen LogP contribution is -2.44. The zero-order chi connectivity index (χ0) is 16.5. The number of aliphatic hydroxyl groups is 1. The molecule has 1 unspecified atom stereocenters. The number of guanidine groups is 1. The summed E-state index contributed by atoms with van der Waals surface area (Å²) in [5.41, 5.74) is -0.0946. The van der Waals surface area contributed by atoms with Gasteiger partial charge in [-0.25, -0.2) is 0 Å². The molecule has 22 heavy (non-hydrogen) atoms. The molecule has 0 aromatic rings. The molecule has 1 aliphatic heterocycles. The van der Waals surface area contributed by atoms with E-state index in [0.29, 0.717) is 45.1 Å². The van der Waals surface area contributed by atoms with Gasteiger partial charge in [0.1, 0.15) is 0 Å². The number of ether oxygens (including phenoxy) is 1. The highest BCUT2D eigenvalue weighted by Crippen LogP contribution is 2.31. The molecule has 1 atom stereocenters. The molecule has 1 heterocycles. The van der Waals surface area contributed by atoms with Crippen molar-refractivity contribution in [3.05, 3.63) is 0 Å². The van der Waals surface area contributed by atoms with Gasteiger partial charge in [-0.3, -0.25) is 4.99 Å². The second kappa shape index (κ2) is 9.19. The number of nitrogens with one attached hydrogen (secondary N) is 2. The van der Waals surface area contributed by atoms with Crippen molar-refractivity contribution in [3.63, 3.8) is 0 Å². The molecule has 1 saturated heterocycles. The lowest BCUT2D eigenvalue weighted by Gasteiger charge is -2.27. The van der Waals surface area contributed by atoms with Crippen molar-refractivity contribution in [2.24, 2.45) is 10.4 Å². The SMILES string of the molecule is CN=C(NCCCCC(F)(F)F)NCC1(CCO)CCOC1. The quantitative estimate of drug-likeness (QED) is 0.361. The number of aliphatic hydroxyl groups excluding tert-OH is 1. The minimum Gasteiger partial charge on any atom is -0.396 e. The smallest absolute Gasteiger partial charge is 0.389 e. The van der Waals surface area contributed by atoms with Gasteiger partial charge in [0.2, 0.25) is 0 Å². The van der Waals surface area contributed by atoms with Crippen LogP contribution < -0.4 is 10.6 Å². The van der Waals surface area contributed by atoms with Crippen LogP contribution in [0.1, 0.15) is 32.1 Å². The number of nitrogens with zero attached hydrogens (tertiary/aromatic N) is 1. The number of alkyl halides is 3. The van der Waals surface area contributed by atoms with Crippen LogP contribution >= 0.6 is 0 Å². The van der Waals surface area contributed by atoms with Crippen molar-refractivity contribution < 1.29 is 23.0 Å². The van der Waals surface area contributed by atoms with Crippen LogP contribution in [0.15, 0.2) is 4.99 Å². The fourth-order valence-corrected chi connectivity index (χ4v) is 2.46. The third kappa shape index (κ3) is 7.31. The summed E-state index contributed by atoms with van der Waals surface area (Å²) in [6.45, 7) is 2.46. The van der Waals surface area contributed by atoms with Crippen molar-refractivity contribution in [1.29, 1.82) is 0 Å². The Bertz CT molecular complexity index is 343. The Morgan fingerprint density at radius 1 is 1.32 bits per heavy atom. The maximum Gasteiger partial charge on any atom is 0.389 e. The topological polar surface area (TPSA) is 65.9 Å². The molecule has 0 aromatic heterocycles. The molecule has 0 radical (unpaired) electrons. The number of rotatable bonds is 8. The fourth-order valence-electron chi connectivity index (χ4n) is 2.46. The summed E-state index contributed by atoms with van der Waals surface area (Å²) in [6, 6.07) is 0. The lowest BCUT2D eigenvalue weighted by atomic mass is 9.84. The van der Waals surface area contributed by atoms with Crippen LogP contribution in [0.5, 0.6) is 0 Å². The van der Waals surface area contributed by atoms with Gasteiger partial charge >= 0.3 is 6.18 Å². The number of hydrogen-bond acceptors (Lipinski definition) is 3. The van der Waals surface area contributed by atoms with E-state index < -0.39 is 12.6 Å². The van der Waals surface area contributed by atoms with Crippen LogP contribution in [-0.2, 0) is 4.74 Å². The first-order chi connectivity index (χ1) is 10.4. The van der Waals surface area contributed by atoms with Gasteiger partial charge in [0.15, 0.2) is 5.96 Å². The third-order valence-electron chi connectivity index (χ3n) is 3.86. The number of hydrogen-bond donors (Lipinski definition) is 3. The van der Waals surface area contributed by atoms with Gasteiger partial charge in [0, 0.05) is 45.2 Å². The number of unbranched alkanes of at least 4 members (excludes halogenated alkanes) is 1. The molecule has 0 spiro atoms. The normalized spacial score (nSPS) is 22.9. The standard InChI is InChI=1S/C14H26F3N3O2/c1-18-12(19-7-3-2-4-14(15,16)17)20-10-13(5-8-21)6-9-22-11-13/h21H,2-11H2,1H3,(H2,18,19,20). The minimum absolute atomic E-state index is 0.0946. The molecule has 0 aliphatic carbocycles. The molecule has 0 amide bonds. The molecule has 0 bridgehead atoms. The van der Waals surface area contributed by atoms with E-state index >= 15 is 0 Å².